The Balaban J connectivity index is 2.02. The van der Waals surface area contributed by atoms with Gasteiger partial charge in [0, 0.05) is 18.8 Å². The van der Waals surface area contributed by atoms with E-state index < -0.39 is 0 Å². The van der Waals surface area contributed by atoms with Crippen LogP contribution in [0.2, 0.25) is 0 Å². The molecule has 0 aliphatic carbocycles. The topological polar surface area (TPSA) is 65.4 Å². The Morgan fingerprint density at radius 1 is 1.42 bits per heavy atom. The van der Waals surface area contributed by atoms with Crippen LogP contribution in [0.15, 0.2) is 24.3 Å². The van der Waals surface area contributed by atoms with Gasteiger partial charge in [0.15, 0.2) is 0 Å². The molecule has 1 fully saturated rings. The summed E-state index contributed by atoms with van der Waals surface area (Å²) in [5.74, 6) is 0. The van der Waals surface area contributed by atoms with Crippen molar-refractivity contribution in [2.75, 3.05) is 18.4 Å². The molecule has 19 heavy (non-hydrogen) atoms. The Morgan fingerprint density at radius 2 is 2.11 bits per heavy atom. The summed E-state index contributed by atoms with van der Waals surface area (Å²) in [5, 5.41) is 11.6. The number of urea groups is 1. The molecule has 1 aliphatic heterocycles. The van der Waals surface area contributed by atoms with Gasteiger partial charge in [-0.1, -0.05) is 6.07 Å². The number of carbonyl (C=O) groups excluding carboxylic acids is 1. The van der Waals surface area contributed by atoms with Gasteiger partial charge in [-0.2, -0.15) is 5.26 Å². The molecular formula is C14H17N3O2. The molecule has 0 saturated carbocycles. The van der Waals surface area contributed by atoms with Crippen LogP contribution in [-0.4, -0.2) is 36.2 Å². The van der Waals surface area contributed by atoms with Crippen molar-refractivity contribution < 1.29 is 9.53 Å². The molecule has 2 rings (SSSR count). The molecule has 0 unspecified atom stereocenters. The second-order valence-electron chi connectivity index (χ2n) is 4.79. The molecule has 1 heterocycles. The SMILES string of the molecule is C[C@H]1CN(C(=O)Nc2cccc(C#N)c2)C[C@H](C)O1. The fraction of sp³-hybridized carbons (Fsp3) is 0.429. The summed E-state index contributed by atoms with van der Waals surface area (Å²) in [7, 11) is 0. The van der Waals surface area contributed by atoms with Crippen molar-refractivity contribution in [2.24, 2.45) is 0 Å². The highest BCUT2D eigenvalue weighted by atomic mass is 16.5. The molecular weight excluding hydrogens is 242 g/mol. The molecule has 5 heteroatoms. The maximum absolute atomic E-state index is 12.1. The zero-order chi connectivity index (χ0) is 13.8. The summed E-state index contributed by atoms with van der Waals surface area (Å²) in [5.41, 5.74) is 1.16. The fourth-order valence-electron chi connectivity index (χ4n) is 2.21. The lowest BCUT2D eigenvalue weighted by Gasteiger charge is -2.35. The van der Waals surface area contributed by atoms with Crippen LogP contribution in [0.25, 0.3) is 0 Å². The number of benzene rings is 1. The van der Waals surface area contributed by atoms with Crippen molar-refractivity contribution in [1.82, 2.24) is 4.90 Å². The standard InChI is InChI=1S/C14H17N3O2/c1-10-8-17(9-11(2)19-10)14(18)16-13-5-3-4-12(6-13)7-15/h3-6,10-11H,8-9H2,1-2H3,(H,16,18)/t10-,11-/m0/s1. The molecule has 1 aliphatic rings. The summed E-state index contributed by atoms with van der Waals surface area (Å²) in [6.07, 6.45) is 0.0832. The molecule has 2 amide bonds. The fourth-order valence-corrected chi connectivity index (χ4v) is 2.21. The number of rotatable bonds is 1. The Hall–Kier alpha value is -2.06. The van der Waals surface area contributed by atoms with E-state index in [1.54, 1.807) is 29.2 Å². The number of amides is 2. The number of nitrogens with one attached hydrogen (secondary N) is 1. The number of ether oxygens (including phenoxy) is 1. The quantitative estimate of drug-likeness (QED) is 0.840. The Morgan fingerprint density at radius 3 is 2.74 bits per heavy atom. The van der Waals surface area contributed by atoms with Crippen LogP contribution in [0, 0.1) is 11.3 Å². The highest BCUT2D eigenvalue weighted by molar-refractivity contribution is 5.89. The molecule has 5 nitrogen and oxygen atoms in total. The minimum atomic E-state index is -0.155. The lowest BCUT2D eigenvalue weighted by Crippen LogP contribution is -2.49. The molecule has 2 atom stereocenters. The zero-order valence-electron chi connectivity index (χ0n) is 11.1. The molecule has 0 bridgehead atoms. The summed E-state index contributed by atoms with van der Waals surface area (Å²) >= 11 is 0. The first-order valence-electron chi connectivity index (χ1n) is 6.30. The molecule has 0 aromatic heterocycles. The van der Waals surface area contributed by atoms with Gasteiger partial charge in [0.05, 0.1) is 23.8 Å². The summed E-state index contributed by atoms with van der Waals surface area (Å²) in [4.78, 5) is 13.9. The first-order valence-corrected chi connectivity index (χ1v) is 6.30. The second kappa shape index (κ2) is 5.72. The van der Waals surface area contributed by atoms with Gasteiger partial charge in [0.1, 0.15) is 0 Å². The third-order valence-corrected chi connectivity index (χ3v) is 2.95. The zero-order valence-corrected chi connectivity index (χ0v) is 11.1. The minimum Gasteiger partial charge on any atom is -0.372 e. The van der Waals surface area contributed by atoms with Crippen molar-refractivity contribution >= 4 is 11.7 Å². The van der Waals surface area contributed by atoms with Crippen LogP contribution < -0.4 is 5.32 Å². The van der Waals surface area contributed by atoms with E-state index >= 15 is 0 Å². The third kappa shape index (κ3) is 3.46. The molecule has 1 aromatic carbocycles. The summed E-state index contributed by atoms with van der Waals surface area (Å²) in [6.45, 7) is 5.06. The van der Waals surface area contributed by atoms with Crippen LogP contribution in [0.3, 0.4) is 0 Å². The van der Waals surface area contributed by atoms with E-state index in [-0.39, 0.29) is 18.2 Å². The molecule has 1 saturated heterocycles. The molecule has 0 spiro atoms. The van der Waals surface area contributed by atoms with Gasteiger partial charge in [-0.25, -0.2) is 4.79 Å². The first-order chi connectivity index (χ1) is 9.08. The van der Waals surface area contributed by atoms with Crippen LogP contribution in [-0.2, 0) is 4.74 Å². The Bertz CT molecular complexity index is 500. The van der Waals surface area contributed by atoms with Crippen molar-refractivity contribution in [3.63, 3.8) is 0 Å². The van der Waals surface area contributed by atoms with E-state index in [4.69, 9.17) is 10.00 Å². The average molecular weight is 259 g/mol. The van der Waals surface area contributed by atoms with Gasteiger partial charge in [-0.05, 0) is 32.0 Å². The van der Waals surface area contributed by atoms with E-state index in [2.05, 4.69) is 5.32 Å². The maximum atomic E-state index is 12.1. The van der Waals surface area contributed by atoms with E-state index in [1.807, 2.05) is 19.9 Å². The van der Waals surface area contributed by atoms with Crippen molar-refractivity contribution in [3.8, 4) is 6.07 Å². The third-order valence-electron chi connectivity index (χ3n) is 2.95. The number of nitrogens with zero attached hydrogens (tertiary/aromatic N) is 2. The number of carbonyl (C=O) groups is 1. The summed E-state index contributed by atoms with van der Waals surface area (Å²) < 4.78 is 5.59. The Labute approximate surface area is 112 Å². The molecule has 0 radical (unpaired) electrons. The van der Waals surface area contributed by atoms with E-state index in [0.717, 1.165) is 0 Å². The smallest absolute Gasteiger partial charge is 0.322 e. The van der Waals surface area contributed by atoms with E-state index in [0.29, 0.717) is 24.3 Å². The predicted molar refractivity (Wildman–Crippen MR) is 71.8 cm³/mol. The van der Waals surface area contributed by atoms with Gasteiger partial charge < -0.3 is 15.0 Å². The van der Waals surface area contributed by atoms with Gasteiger partial charge in [-0.15, -0.1) is 0 Å². The second-order valence-corrected chi connectivity index (χ2v) is 4.79. The number of morpholine rings is 1. The van der Waals surface area contributed by atoms with Crippen LogP contribution >= 0.6 is 0 Å². The van der Waals surface area contributed by atoms with Crippen molar-refractivity contribution in [3.05, 3.63) is 29.8 Å². The maximum Gasteiger partial charge on any atom is 0.322 e. The largest absolute Gasteiger partial charge is 0.372 e. The predicted octanol–water partition coefficient (Wildman–Crippen LogP) is 2.20. The molecule has 100 valence electrons. The number of hydrogen-bond acceptors (Lipinski definition) is 3. The molecule has 1 N–H and O–H groups in total. The highest BCUT2D eigenvalue weighted by Gasteiger charge is 2.25. The van der Waals surface area contributed by atoms with Gasteiger partial charge in [0.25, 0.3) is 0 Å². The Kier molecular flexibility index (Phi) is 4.03. The number of anilines is 1. The van der Waals surface area contributed by atoms with Crippen LogP contribution in [0.1, 0.15) is 19.4 Å². The summed E-state index contributed by atoms with van der Waals surface area (Å²) in [6, 6.07) is 8.77. The number of nitriles is 1. The lowest BCUT2D eigenvalue weighted by molar-refractivity contribution is -0.0530. The normalized spacial score (nSPS) is 22.7. The van der Waals surface area contributed by atoms with Crippen molar-refractivity contribution in [2.45, 2.75) is 26.1 Å². The molecule has 1 aromatic rings. The van der Waals surface area contributed by atoms with Gasteiger partial charge >= 0.3 is 6.03 Å². The lowest BCUT2D eigenvalue weighted by atomic mass is 10.2. The van der Waals surface area contributed by atoms with E-state index in [1.165, 1.54) is 0 Å². The average Bonchev–Trinajstić information content (AvgIpc) is 2.37. The van der Waals surface area contributed by atoms with Crippen molar-refractivity contribution in [1.29, 1.82) is 5.26 Å². The van der Waals surface area contributed by atoms with E-state index in [9.17, 15) is 4.79 Å². The highest BCUT2D eigenvalue weighted by Crippen LogP contribution is 2.14. The van der Waals surface area contributed by atoms with Crippen LogP contribution in [0.4, 0.5) is 10.5 Å². The first kappa shape index (κ1) is 13.4. The van der Waals surface area contributed by atoms with Gasteiger partial charge in [-0.3, -0.25) is 0 Å². The minimum absolute atomic E-state index is 0.0416. The van der Waals surface area contributed by atoms with Crippen LogP contribution in [0.5, 0.6) is 0 Å². The van der Waals surface area contributed by atoms with Gasteiger partial charge in [0.2, 0.25) is 0 Å². The number of hydrogen-bond donors (Lipinski definition) is 1. The monoisotopic (exact) mass is 259 g/mol.